The number of alkyl halides is 3. The molecule has 0 bridgehead atoms. The molecular weight excluding hydrogens is 249 g/mol. The van der Waals surface area contributed by atoms with E-state index in [1.807, 2.05) is 0 Å². The van der Waals surface area contributed by atoms with Crippen molar-refractivity contribution in [1.82, 2.24) is 4.98 Å². The van der Waals surface area contributed by atoms with Crippen LogP contribution in [-0.2, 0) is 6.18 Å². The van der Waals surface area contributed by atoms with Crippen molar-refractivity contribution >= 4 is 5.91 Å². The van der Waals surface area contributed by atoms with Crippen LogP contribution < -0.4 is 5.73 Å². The number of hydrogen-bond acceptors (Lipinski definition) is 3. The molecule has 1 heterocycles. The minimum atomic E-state index is -4.79. The van der Waals surface area contributed by atoms with Gasteiger partial charge in [0.25, 0.3) is 5.91 Å². The van der Waals surface area contributed by atoms with Gasteiger partial charge in [0.1, 0.15) is 0 Å². The number of rotatable bonds is 2. The summed E-state index contributed by atoms with van der Waals surface area (Å²) < 4.78 is 42.6. The first kappa shape index (κ1) is 12.2. The number of amides is 1. The van der Waals surface area contributed by atoms with Crippen LogP contribution in [0.2, 0.25) is 0 Å². The Balaban J connectivity index is 2.57. The highest BCUT2D eigenvalue weighted by Gasteiger charge is 2.40. The van der Waals surface area contributed by atoms with E-state index in [2.05, 4.69) is 4.98 Å². The van der Waals surface area contributed by atoms with E-state index >= 15 is 0 Å². The van der Waals surface area contributed by atoms with Gasteiger partial charge in [-0.15, -0.1) is 0 Å². The van der Waals surface area contributed by atoms with Crippen LogP contribution in [0.5, 0.6) is 0 Å². The number of aromatic nitrogens is 1. The van der Waals surface area contributed by atoms with E-state index in [9.17, 15) is 18.0 Å². The molecule has 2 N–H and O–H groups in total. The summed E-state index contributed by atoms with van der Waals surface area (Å²) in [7, 11) is 0. The van der Waals surface area contributed by atoms with Crippen LogP contribution in [0.3, 0.4) is 0 Å². The van der Waals surface area contributed by atoms with Crippen molar-refractivity contribution in [2.45, 2.75) is 6.18 Å². The normalized spacial score (nSPS) is 11.5. The zero-order valence-electron chi connectivity index (χ0n) is 8.86. The second-order valence-corrected chi connectivity index (χ2v) is 3.42. The number of halogens is 3. The van der Waals surface area contributed by atoms with E-state index < -0.39 is 23.5 Å². The van der Waals surface area contributed by atoms with Crippen molar-refractivity contribution in [2.24, 2.45) is 5.73 Å². The molecule has 0 aliphatic rings. The standard InChI is InChI=1S/C11H7F3N2O2/c12-11(13,14)8-7(9(15)17)18-10(16-8)6-4-2-1-3-5-6/h1-5H,(H2,15,17). The molecule has 2 rings (SSSR count). The molecule has 0 saturated carbocycles. The topological polar surface area (TPSA) is 69.1 Å². The maximum atomic E-state index is 12.6. The maximum absolute atomic E-state index is 12.6. The number of nitrogens with zero attached hydrogens (tertiary/aromatic N) is 1. The number of carbonyl (C=O) groups excluding carboxylic acids is 1. The summed E-state index contributed by atoms with van der Waals surface area (Å²) in [4.78, 5) is 14.2. The summed E-state index contributed by atoms with van der Waals surface area (Å²) in [6.07, 6.45) is -4.79. The van der Waals surface area contributed by atoms with Gasteiger partial charge < -0.3 is 10.2 Å². The van der Waals surface area contributed by atoms with E-state index in [4.69, 9.17) is 10.2 Å². The van der Waals surface area contributed by atoms with Crippen molar-refractivity contribution < 1.29 is 22.4 Å². The quantitative estimate of drug-likeness (QED) is 0.897. The predicted octanol–water partition coefficient (Wildman–Crippen LogP) is 2.46. The number of carbonyl (C=O) groups is 1. The van der Waals surface area contributed by atoms with Crippen molar-refractivity contribution in [1.29, 1.82) is 0 Å². The van der Waals surface area contributed by atoms with Crippen molar-refractivity contribution in [3.8, 4) is 11.5 Å². The Morgan fingerprint density at radius 3 is 2.28 bits per heavy atom. The van der Waals surface area contributed by atoms with Gasteiger partial charge in [0.2, 0.25) is 11.7 Å². The van der Waals surface area contributed by atoms with Gasteiger partial charge in [0.15, 0.2) is 5.69 Å². The number of hydrogen-bond donors (Lipinski definition) is 1. The van der Waals surface area contributed by atoms with E-state index in [0.717, 1.165) is 0 Å². The Labute approximate surface area is 99.2 Å². The summed E-state index contributed by atoms with van der Waals surface area (Å²) in [6.45, 7) is 0. The smallest absolute Gasteiger partial charge is 0.430 e. The highest BCUT2D eigenvalue weighted by molar-refractivity contribution is 5.91. The highest BCUT2D eigenvalue weighted by atomic mass is 19.4. The van der Waals surface area contributed by atoms with Crippen LogP contribution in [0.1, 0.15) is 16.2 Å². The SMILES string of the molecule is NC(=O)c1oc(-c2ccccc2)nc1C(F)(F)F. The van der Waals surface area contributed by atoms with Crippen LogP contribution in [0.4, 0.5) is 13.2 Å². The summed E-state index contributed by atoms with van der Waals surface area (Å²) in [5, 5.41) is 0. The van der Waals surface area contributed by atoms with Gasteiger partial charge in [-0.25, -0.2) is 4.98 Å². The van der Waals surface area contributed by atoms with E-state index in [1.165, 1.54) is 12.1 Å². The number of primary amides is 1. The van der Waals surface area contributed by atoms with Crippen LogP contribution in [0, 0.1) is 0 Å². The lowest BCUT2D eigenvalue weighted by atomic mass is 10.2. The maximum Gasteiger partial charge on any atom is 0.437 e. The summed E-state index contributed by atoms with van der Waals surface area (Å²) >= 11 is 0. The van der Waals surface area contributed by atoms with Crippen LogP contribution >= 0.6 is 0 Å². The van der Waals surface area contributed by atoms with Crippen molar-refractivity contribution in [3.05, 3.63) is 41.8 Å². The van der Waals surface area contributed by atoms with Crippen molar-refractivity contribution in [3.63, 3.8) is 0 Å². The number of oxazole rings is 1. The molecule has 7 heteroatoms. The molecule has 0 fully saturated rings. The second-order valence-electron chi connectivity index (χ2n) is 3.42. The third-order valence-electron chi connectivity index (χ3n) is 2.14. The average molecular weight is 256 g/mol. The van der Waals surface area contributed by atoms with Gasteiger partial charge in [0, 0.05) is 5.56 Å². The molecule has 1 aromatic carbocycles. The summed E-state index contributed by atoms with van der Waals surface area (Å²) in [5.41, 5.74) is 3.75. The molecule has 1 aromatic heterocycles. The number of benzene rings is 1. The van der Waals surface area contributed by atoms with E-state index in [1.54, 1.807) is 18.2 Å². The molecule has 0 aliphatic carbocycles. The average Bonchev–Trinajstić information content (AvgIpc) is 2.74. The van der Waals surface area contributed by atoms with E-state index in [0.29, 0.717) is 5.56 Å². The lowest BCUT2D eigenvalue weighted by Gasteiger charge is -2.01. The zero-order valence-corrected chi connectivity index (χ0v) is 8.86. The van der Waals surface area contributed by atoms with Gasteiger partial charge in [-0.2, -0.15) is 13.2 Å². The summed E-state index contributed by atoms with van der Waals surface area (Å²) in [6, 6.07) is 7.92. The molecule has 0 aliphatic heterocycles. The molecule has 18 heavy (non-hydrogen) atoms. The Morgan fingerprint density at radius 1 is 1.22 bits per heavy atom. The van der Waals surface area contributed by atoms with Gasteiger partial charge >= 0.3 is 6.18 Å². The Kier molecular flexibility index (Phi) is 2.82. The lowest BCUT2D eigenvalue weighted by molar-refractivity contribution is -0.141. The molecule has 1 amide bonds. The van der Waals surface area contributed by atoms with E-state index in [-0.39, 0.29) is 5.89 Å². The predicted molar refractivity (Wildman–Crippen MR) is 55.5 cm³/mol. The Hall–Kier alpha value is -2.31. The fourth-order valence-corrected chi connectivity index (χ4v) is 1.38. The van der Waals surface area contributed by atoms with Crippen LogP contribution in [0.15, 0.2) is 34.7 Å². The Bertz CT molecular complexity index is 576. The first-order valence-electron chi connectivity index (χ1n) is 4.83. The first-order valence-corrected chi connectivity index (χ1v) is 4.83. The van der Waals surface area contributed by atoms with Gasteiger partial charge in [-0.1, -0.05) is 18.2 Å². The van der Waals surface area contributed by atoms with Crippen LogP contribution in [0.25, 0.3) is 11.5 Å². The van der Waals surface area contributed by atoms with Gasteiger partial charge in [-0.05, 0) is 12.1 Å². The minimum Gasteiger partial charge on any atom is -0.430 e. The fourth-order valence-electron chi connectivity index (χ4n) is 1.38. The molecule has 0 saturated heterocycles. The molecule has 94 valence electrons. The molecule has 0 atom stereocenters. The molecule has 4 nitrogen and oxygen atoms in total. The number of nitrogens with two attached hydrogens (primary N) is 1. The van der Waals surface area contributed by atoms with Gasteiger partial charge in [0.05, 0.1) is 0 Å². The second kappa shape index (κ2) is 4.17. The first-order chi connectivity index (χ1) is 8.39. The molecule has 2 aromatic rings. The molecule has 0 radical (unpaired) electrons. The summed E-state index contributed by atoms with van der Waals surface area (Å²) in [5.74, 6) is -2.59. The third-order valence-corrected chi connectivity index (χ3v) is 2.14. The lowest BCUT2D eigenvalue weighted by Crippen LogP contribution is -2.17. The molecular formula is C11H7F3N2O2. The minimum absolute atomic E-state index is 0.295. The zero-order chi connectivity index (χ0) is 13.3. The van der Waals surface area contributed by atoms with Crippen LogP contribution in [-0.4, -0.2) is 10.9 Å². The van der Waals surface area contributed by atoms with Gasteiger partial charge in [-0.3, -0.25) is 4.79 Å². The monoisotopic (exact) mass is 256 g/mol. The molecule has 0 spiro atoms. The fraction of sp³-hybridized carbons (Fsp3) is 0.0909. The molecule has 0 unspecified atom stereocenters. The Morgan fingerprint density at radius 2 is 1.83 bits per heavy atom. The highest BCUT2D eigenvalue weighted by Crippen LogP contribution is 2.34. The largest absolute Gasteiger partial charge is 0.437 e. The van der Waals surface area contributed by atoms with Crippen molar-refractivity contribution in [2.75, 3.05) is 0 Å². The third kappa shape index (κ3) is 2.20.